The van der Waals surface area contributed by atoms with Crippen molar-refractivity contribution in [1.29, 1.82) is 0 Å². The smallest absolute Gasteiger partial charge is 0.269 e. The quantitative estimate of drug-likeness (QED) is 0.267. The Kier molecular flexibility index (Phi) is 7.78. The Bertz CT molecular complexity index is 995. The third kappa shape index (κ3) is 6.42. The average Bonchev–Trinajstić information content (AvgIpc) is 2.79. The highest BCUT2D eigenvalue weighted by Crippen LogP contribution is 2.31. The van der Waals surface area contributed by atoms with Gasteiger partial charge in [-0.05, 0) is 35.9 Å². The second kappa shape index (κ2) is 10.9. The summed E-state index contributed by atoms with van der Waals surface area (Å²) in [6.07, 6.45) is 0. The number of methoxy groups -OCH3 is 1. The number of halogens is 1. The lowest BCUT2D eigenvalue weighted by Crippen LogP contribution is -2.22. The van der Waals surface area contributed by atoms with E-state index in [0.29, 0.717) is 37.7 Å². The molecular weight excluding hydrogens is 401 g/mol. The van der Waals surface area contributed by atoms with Gasteiger partial charge >= 0.3 is 0 Å². The van der Waals surface area contributed by atoms with Crippen molar-refractivity contribution >= 4 is 11.4 Å². The molecule has 0 saturated carbocycles. The van der Waals surface area contributed by atoms with E-state index in [1.807, 2.05) is 18.2 Å². The van der Waals surface area contributed by atoms with E-state index in [2.05, 4.69) is 10.6 Å². The molecule has 0 aliphatic rings. The van der Waals surface area contributed by atoms with Crippen LogP contribution in [0, 0.1) is 15.9 Å². The number of non-ortho nitro benzene ring substituents is 1. The van der Waals surface area contributed by atoms with Crippen molar-refractivity contribution in [3.63, 3.8) is 0 Å². The summed E-state index contributed by atoms with van der Waals surface area (Å²) in [5, 5.41) is 17.3. The van der Waals surface area contributed by atoms with Crippen LogP contribution in [0.4, 0.5) is 15.8 Å². The number of para-hydroxylation sites is 1. The fraction of sp³-hybridized carbons (Fsp3) is 0.217. The fourth-order valence-corrected chi connectivity index (χ4v) is 2.98. The number of hydrogen-bond donors (Lipinski definition) is 2. The molecule has 3 aromatic rings. The maximum absolute atomic E-state index is 13.1. The van der Waals surface area contributed by atoms with E-state index in [1.54, 1.807) is 31.4 Å². The molecule has 0 saturated heterocycles. The summed E-state index contributed by atoms with van der Waals surface area (Å²) in [6, 6.07) is 18.2. The maximum atomic E-state index is 13.1. The fourth-order valence-electron chi connectivity index (χ4n) is 2.98. The molecule has 31 heavy (non-hydrogen) atoms. The van der Waals surface area contributed by atoms with Gasteiger partial charge in [0.15, 0.2) is 11.5 Å². The van der Waals surface area contributed by atoms with Crippen LogP contribution in [0.25, 0.3) is 0 Å². The van der Waals surface area contributed by atoms with Crippen molar-refractivity contribution in [2.45, 2.75) is 13.2 Å². The van der Waals surface area contributed by atoms with E-state index in [4.69, 9.17) is 9.47 Å². The molecule has 0 aliphatic heterocycles. The molecule has 162 valence electrons. The summed E-state index contributed by atoms with van der Waals surface area (Å²) in [7, 11) is 1.59. The molecule has 0 radical (unpaired) electrons. The molecule has 0 fully saturated rings. The number of nitro groups is 1. The first-order valence-corrected chi connectivity index (χ1v) is 9.79. The number of nitrogens with one attached hydrogen (secondary N) is 2. The van der Waals surface area contributed by atoms with E-state index in [0.717, 1.165) is 16.8 Å². The van der Waals surface area contributed by atoms with Crippen LogP contribution < -0.4 is 20.1 Å². The highest BCUT2D eigenvalue weighted by atomic mass is 19.1. The lowest BCUT2D eigenvalue weighted by atomic mass is 10.1. The van der Waals surface area contributed by atoms with Gasteiger partial charge in [0.2, 0.25) is 0 Å². The molecule has 8 heteroatoms. The summed E-state index contributed by atoms with van der Waals surface area (Å²) in [6.45, 7) is 2.19. The topological polar surface area (TPSA) is 85.7 Å². The molecule has 0 aromatic heterocycles. The van der Waals surface area contributed by atoms with Crippen LogP contribution in [0.5, 0.6) is 11.5 Å². The molecule has 3 aromatic carbocycles. The monoisotopic (exact) mass is 425 g/mol. The van der Waals surface area contributed by atoms with Crippen LogP contribution in [0.15, 0.2) is 66.7 Å². The van der Waals surface area contributed by atoms with E-state index >= 15 is 0 Å². The molecule has 2 N–H and O–H groups in total. The summed E-state index contributed by atoms with van der Waals surface area (Å²) in [5.41, 5.74) is 2.68. The summed E-state index contributed by atoms with van der Waals surface area (Å²) >= 11 is 0. The number of anilines is 1. The van der Waals surface area contributed by atoms with E-state index in [-0.39, 0.29) is 11.5 Å². The normalized spacial score (nSPS) is 10.5. The highest BCUT2D eigenvalue weighted by molar-refractivity contribution is 5.48. The van der Waals surface area contributed by atoms with Crippen molar-refractivity contribution in [3.8, 4) is 11.5 Å². The Labute approximate surface area is 180 Å². The standard InChI is InChI=1S/C23H24FN3O4/c1-30-22-4-2-3-18(23(22)31-16-17-5-7-19(24)8-6-17)15-25-13-14-26-20-9-11-21(12-10-20)27(28)29/h2-12,25-26H,13-16H2,1H3. The SMILES string of the molecule is COc1cccc(CNCCNc2ccc([N+](=O)[O-])cc2)c1OCc1ccc(F)cc1. The average molecular weight is 425 g/mol. The summed E-state index contributed by atoms with van der Waals surface area (Å²) in [4.78, 5) is 10.3. The molecular formula is C23H24FN3O4. The molecule has 0 unspecified atom stereocenters. The first-order chi connectivity index (χ1) is 15.1. The number of ether oxygens (including phenoxy) is 2. The third-order valence-electron chi connectivity index (χ3n) is 4.60. The molecule has 0 spiro atoms. The summed E-state index contributed by atoms with van der Waals surface area (Å²) in [5.74, 6) is 0.990. The second-order valence-corrected chi connectivity index (χ2v) is 6.77. The zero-order valence-corrected chi connectivity index (χ0v) is 17.1. The molecule has 7 nitrogen and oxygen atoms in total. The van der Waals surface area contributed by atoms with Crippen molar-refractivity contribution in [2.24, 2.45) is 0 Å². The number of nitro benzene ring substituents is 1. The molecule has 3 rings (SSSR count). The van der Waals surface area contributed by atoms with Crippen LogP contribution in [-0.4, -0.2) is 25.1 Å². The van der Waals surface area contributed by atoms with Gasteiger partial charge in [0.1, 0.15) is 12.4 Å². The van der Waals surface area contributed by atoms with Gasteiger partial charge in [-0.3, -0.25) is 10.1 Å². The van der Waals surface area contributed by atoms with E-state index in [9.17, 15) is 14.5 Å². The van der Waals surface area contributed by atoms with Gasteiger partial charge in [-0.15, -0.1) is 0 Å². The van der Waals surface area contributed by atoms with Crippen molar-refractivity contribution in [1.82, 2.24) is 5.32 Å². The van der Waals surface area contributed by atoms with E-state index in [1.165, 1.54) is 24.3 Å². The number of benzene rings is 3. The summed E-state index contributed by atoms with van der Waals surface area (Å²) < 4.78 is 24.5. The second-order valence-electron chi connectivity index (χ2n) is 6.77. The minimum absolute atomic E-state index is 0.0647. The highest BCUT2D eigenvalue weighted by Gasteiger charge is 2.11. The number of hydrogen-bond acceptors (Lipinski definition) is 6. The van der Waals surface area contributed by atoms with Crippen LogP contribution in [-0.2, 0) is 13.2 Å². The number of nitrogens with zero attached hydrogens (tertiary/aromatic N) is 1. The molecule has 0 aliphatic carbocycles. The van der Waals surface area contributed by atoms with E-state index < -0.39 is 4.92 Å². The van der Waals surface area contributed by atoms with Crippen LogP contribution >= 0.6 is 0 Å². The predicted molar refractivity (Wildman–Crippen MR) is 117 cm³/mol. The zero-order valence-electron chi connectivity index (χ0n) is 17.1. The van der Waals surface area contributed by atoms with Gasteiger partial charge in [-0.2, -0.15) is 0 Å². The van der Waals surface area contributed by atoms with Crippen molar-refractivity contribution < 1.29 is 18.8 Å². The molecule has 0 heterocycles. The van der Waals surface area contributed by atoms with Crippen LogP contribution in [0.2, 0.25) is 0 Å². The zero-order chi connectivity index (χ0) is 22.1. The van der Waals surface area contributed by atoms with Gasteiger partial charge in [0, 0.05) is 43.0 Å². The Morgan fingerprint density at radius 1 is 1.00 bits per heavy atom. The van der Waals surface area contributed by atoms with Crippen molar-refractivity contribution in [2.75, 3.05) is 25.5 Å². The molecule has 0 bridgehead atoms. The Morgan fingerprint density at radius 3 is 2.42 bits per heavy atom. The molecule has 0 amide bonds. The predicted octanol–water partition coefficient (Wildman–Crippen LogP) is 4.52. The third-order valence-corrected chi connectivity index (χ3v) is 4.60. The van der Waals surface area contributed by atoms with Crippen molar-refractivity contribution in [3.05, 3.63) is 93.8 Å². The van der Waals surface area contributed by atoms with Gasteiger partial charge in [-0.1, -0.05) is 24.3 Å². The lowest BCUT2D eigenvalue weighted by molar-refractivity contribution is -0.384. The minimum atomic E-state index is -0.421. The van der Waals surface area contributed by atoms with Gasteiger partial charge in [0.05, 0.1) is 12.0 Å². The minimum Gasteiger partial charge on any atom is -0.493 e. The maximum Gasteiger partial charge on any atom is 0.269 e. The number of rotatable bonds is 11. The van der Waals surface area contributed by atoms with Crippen LogP contribution in [0.3, 0.4) is 0 Å². The Hall–Kier alpha value is -3.65. The van der Waals surface area contributed by atoms with Gasteiger partial charge in [0.25, 0.3) is 5.69 Å². The first-order valence-electron chi connectivity index (χ1n) is 9.79. The lowest BCUT2D eigenvalue weighted by Gasteiger charge is -2.16. The molecule has 0 atom stereocenters. The first kappa shape index (κ1) is 22.0. The van der Waals surface area contributed by atoms with Gasteiger partial charge in [-0.25, -0.2) is 4.39 Å². The van der Waals surface area contributed by atoms with Gasteiger partial charge < -0.3 is 20.1 Å². The van der Waals surface area contributed by atoms with Crippen LogP contribution in [0.1, 0.15) is 11.1 Å². The Balaban J connectivity index is 1.52. The Morgan fingerprint density at radius 2 is 1.74 bits per heavy atom. The largest absolute Gasteiger partial charge is 0.493 e.